The first-order valence-electron chi connectivity index (χ1n) is 4.97. The number of carbonyl (C=O) groups is 1. The summed E-state index contributed by atoms with van der Waals surface area (Å²) in [7, 11) is 0. The highest BCUT2D eigenvalue weighted by atomic mass is 32.2. The monoisotopic (exact) mass is 244 g/mol. The lowest BCUT2D eigenvalue weighted by Crippen LogP contribution is -2.32. The van der Waals surface area contributed by atoms with Gasteiger partial charge in [-0.1, -0.05) is 0 Å². The Kier molecular flexibility index (Phi) is 4.75. The van der Waals surface area contributed by atoms with Crippen LogP contribution >= 0.6 is 11.8 Å². The van der Waals surface area contributed by atoms with E-state index in [1.54, 1.807) is 0 Å². The molecule has 16 heavy (non-hydrogen) atoms. The van der Waals surface area contributed by atoms with Crippen LogP contribution in [0.4, 0.5) is 0 Å². The quantitative estimate of drug-likeness (QED) is 0.757. The third-order valence-corrected chi connectivity index (χ3v) is 3.04. The number of nitrogens with zero attached hydrogens (tertiary/aromatic N) is 3. The fourth-order valence-corrected chi connectivity index (χ4v) is 2.06. The molecule has 90 valence electrons. The molecule has 0 amide bonds. The maximum absolute atomic E-state index is 10.5. The summed E-state index contributed by atoms with van der Waals surface area (Å²) in [6.45, 7) is 4.04. The second-order valence-corrected chi connectivity index (χ2v) is 4.70. The smallest absolute Gasteiger partial charge is 0.321 e. The molecule has 1 heterocycles. The summed E-state index contributed by atoms with van der Waals surface area (Å²) in [5.41, 5.74) is 5.39. The number of aliphatic carboxylic acids is 1. The zero-order chi connectivity index (χ0) is 12.1. The topological polar surface area (TPSA) is 94.0 Å². The van der Waals surface area contributed by atoms with Crippen LogP contribution in [0.15, 0.2) is 6.33 Å². The van der Waals surface area contributed by atoms with Gasteiger partial charge in [0.15, 0.2) is 0 Å². The van der Waals surface area contributed by atoms with E-state index in [4.69, 9.17) is 10.8 Å². The van der Waals surface area contributed by atoms with Gasteiger partial charge in [0, 0.05) is 11.8 Å². The molecule has 0 radical (unpaired) electrons. The predicted octanol–water partition coefficient (Wildman–Crippen LogP) is 0.504. The van der Waals surface area contributed by atoms with Crippen molar-refractivity contribution in [2.45, 2.75) is 31.7 Å². The Morgan fingerprint density at radius 1 is 1.69 bits per heavy atom. The number of nitrogens with two attached hydrogens (primary N) is 1. The van der Waals surface area contributed by atoms with Crippen molar-refractivity contribution in [3.8, 4) is 0 Å². The van der Waals surface area contributed by atoms with Crippen LogP contribution in [0.1, 0.15) is 25.7 Å². The van der Waals surface area contributed by atoms with E-state index in [1.165, 1.54) is 18.1 Å². The van der Waals surface area contributed by atoms with Crippen molar-refractivity contribution in [1.82, 2.24) is 14.8 Å². The highest BCUT2D eigenvalue weighted by molar-refractivity contribution is 7.98. The van der Waals surface area contributed by atoms with Crippen molar-refractivity contribution < 1.29 is 9.90 Å². The van der Waals surface area contributed by atoms with E-state index < -0.39 is 12.0 Å². The van der Waals surface area contributed by atoms with Gasteiger partial charge in [-0.2, -0.15) is 16.9 Å². The highest BCUT2D eigenvalue weighted by Gasteiger charge is 2.13. The van der Waals surface area contributed by atoms with Gasteiger partial charge in [-0.05, 0) is 13.8 Å². The van der Waals surface area contributed by atoms with Crippen molar-refractivity contribution in [3.05, 3.63) is 12.2 Å². The Labute approximate surface area is 98.2 Å². The van der Waals surface area contributed by atoms with E-state index in [-0.39, 0.29) is 6.04 Å². The van der Waals surface area contributed by atoms with E-state index in [0.29, 0.717) is 11.5 Å². The maximum Gasteiger partial charge on any atom is 0.321 e. The Hall–Kier alpha value is -1.08. The molecule has 7 heteroatoms. The minimum absolute atomic E-state index is 0.256. The third kappa shape index (κ3) is 3.49. The normalized spacial score (nSPS) is 13.0. The van der Waals surface area contributed by atoms with Gasteiger partial charge in [0.2, 0.25) is 0 Å². The fraction of sp³-hybridized carbons (Fsp3) is 0.667. The molecule has 0 saturated carbocycles. The second-order valence-electron chi connectivity index (χ2n) is 3.67. The lowest BCUT2D eigenvalue weighted by molar-refractivity contribution is -0.137. The van der Waals surface area contributed by atoms with Crippen LogP contribution in [0.5, 0.6) is 0 Å². The van der Waals surface area contributed by atoms with Gasteiger partial charge in [0.1, 0.15) is 18.2 Å². The Morgan fingerprint density at radius 3 is 2.94 bits per heavy atom. The summed E-state index contributed by atoms with van der Waals surface area (Å²) in [6.07, 6.45) is 1.51. The van der Waals surface area contributed by atoms with E-state index in [1.807, 2.05) is 18.5 Å². The summed E-state index contributed by atoms with van der Waals surface area (Å²) in [4.78, 5) is 14.6. The molecule has 6 nitrogen and oxygen atoms in total. The number of carboxylic acids is 1. The molecule has 3 N–H and O–H groups in total. The van der Waals surface area contributed by atoms with Crippen molar-refractivity contribution >= 4 is 17.7 Å². The number of hydrogen-bond donors (Lipinski definition) is 2. The van der Waals surface area contributed by atoms with Crippen molar-refractivity contribution in [2.24, 2.45) is 5.73 Å². The molecule has 0 saturated heterocycles. The molecule has 0 fully saturated rings. The van der Waals surface area contributed by atoms with Gasteiger partial charge in [0.05, 0.1) is 5.75 Å². The van der Waals surface area contributed by atoms with Gasteiger partial charge >= 0.3 is 5.97 Å². The van der Waals surface area contributed by atoms with Crippen LogP contribution < -0.4 is 5.73 Å². The van der Waals surface area contributed by atoms with Crippen molar-refractivity contribution in [2.75, 3.05) is 5.75 Å². The highest BCUT2D eigenvalue weighted by Crippen LogP contribution is 2.13. The average Bonchev–Trinajstić information content (AvgIpc) is 2.65. The minimum atomic E-state index is -0.974. The zero-order valence-corrected chi connectivity index (χ0v) is 10.1. The summed E-state index contributed by atoms with van der Waals surface area (Å²) >= 11 is 1.45. The Bertz CT molecular complexity index is 353. The van der Waals surface area contributed by atoms with E-state index in [9.17, 15) is 4.79 Å². The summed E-state index contributed by atoms with van der Waals surface area (Å²) in [6, 6.07) is -0.563. The van der Waals surface area contributed by atoms with E-state index >= 15 is 0 Å². The molecule has 0 aromatic carbocycles. The predicted molar refractivity (Wildman–Crippen MR) is 62.2 cm³/mol. The van der Waals surface area contributed by atoms with Crippen LogP contribution in [0, 0.1) is 0 Å². The van der Waals surface area contributed by atoms with Gasteiger partial charge < -0.3 is 10.8 Å². The zero-order valence-electron chi connectivity index (χ0n) is 9.33. The lowest BCUT2D eigenvalue weighted by Gasteiger charge is -2.09. The standard InChI is InChI=1S/C9H16N4O2S/c1-6(2)13-8(11-5-12-13)4-16-3-7(10)9(14)15/h5-7H,3-4,10H2,1-2H3,(H,14,15)/t7-/m1/s1. The molecule has 1 rings (SSSR count). The van der Waals surface area contributed by atoms with Gasteiger partial charge in [0.25, 0.3) is 0 Å². The molecule has 0 aliphatic rings. The Morgan fingerprint density at radius 2 is 2.38 bits per heavy atom. The maximum atomic E-state index is 10.5. The lowest BCUT2D eigenvalue weighted by atomic mass is 10.4. The fourth-order valence-electron chi connectivity index (χ4n) is 1.16. The van der Waals surface area contributed by atoms with Crippen LogP contribution in [0.2, 0.25) is 0 Å². The first-order chi connectivity index (χ1) is 7.52. The molecule has 0 aliphatic carbocycles. The molecule has 0 spiro atoms. The molecule has 0 unspecified atom stereocenters. The minimum Gasteiger partial charge on any atom is -0.480 e. The number of rotatable bonds is 6. The van der Waals surface area contributed by atoms with Crippen LogP contribution in [0.25, 0.3) is 0 Å². The number of aromatic nitrogens is 3. The van der Waals surface area contributed by atoms with E-state index in [0.717, 1.165) is 5.82 Å². The molecule has 1 aromatic heterocycles. The molecule has 1 aromatic rings. The van der Waals surface area contributed by atoms with Gasteiger partial charge in [-0.25, -0.2) is 9.67 Å². The SMILES string of the molecule is CC(C)n1ncnc1CSC[C@@H](N)C(=O)O. The summed E-state index contributed by atoms with van der Waals surface area (Å²) < 4.78 is 1.82. The summed E-state index contributed by atoms with van der Waals surface area (Å²) in [5, 5.41) is 12.7. The first-order valence-corrected chi connectivity index (χ1v) is 6.12. The summed E-state index contributed by atoms with van der Waals surface area (Å²) in [5.74, 6) is 0.870. The van der Waals surface area contributed by atoms with Crippen LogP contribution in [-0.4, -0.2) is 37.6 Å². The van der Waals surface area contributed by atoms with Crippen LogP contribution in [0.3, 0.4) is 0 Å². The number of hydrogen-bond acceptors (Lipinski definition) is 5. The van der Waals surface area contributed by atoms with Crippen molar-refractivity contribution in [3.63, 3.8) is 0 Å². The molecule has 0 bridgehead atoms. The first kappa shape index (κ1) is 13.0. The second kappa shape index (κ2) is 5.86. The van der Waals surface area contributed by atoms with Crippen LogP contribution in [-0.2, 0) is 10.5 Å². The molecule has 0 aliphatic heterocycles. The molecular weight excluding hydrogens is 228 g/mol. The number of thioether (sulfide) groups is 1. The molecule has 1 atom stereocenters. The van der Waals surface area contributed by atoms with Crippen molar-refractivity contribution in [1.29, 1.82) is 0 Å². The Balaban J connectivity index is 2.43. The third-order valence-electron chi connectivity index (χ3n) is 1.98. The van der Waals surface area contributed by atoms with Gasteiger partial charge in [-0.15, -0.1) is 0 Å². The largest absolute Gasteiger partial charge is 0.480 e. The number of carboxylic acid groups (broad SMARTS) is 1. The molecular formula is C9H16N4O2S. The van der Waals surface area contributed by atoms with E-state index in [2.05, 4.69) is 10.1 Å². The average molecular weight is 244 g/mol. The van der Waals surface area contributed by atoms with Gasteiger partial charge in [-0.3, -0.25) is 4.79 Å².